The van der Waals surface area contributed by atoms with Crippen LogP contribution in [0.1, 0.15) is 6.92 Å². The summed E-state index contributed by atoms with van der Waals surface area (Å²) in [7, 11) is 0. The van der Waals surface area contributed by atoms with E-state index >= 15 is 0 Å². The number of esters is 1. The van der Waals surface area contributed by atoms with Crippen LogP contribution in [0.15, 0.2) is 42.1 Å². The molecule has 2 N–H and O–H groups in total. The van der Waals surface area contributed by atoms with Crippen LogP contribution in [-0.4, -0.2) is 38.5 Å². The number of carbonyl (C=O) groups excluding carboxylic acids is 2. The quantitative estimate of drug-likeness (QED) is 0.428. The number of halogens is 1. The lowest BCUT2D eigenvalue weighted by atomic mass is 10.2. The summed E-state index contributed by atoms with van der Waals surface area (Å²) in [4.78, 5) is 22.7. The Kier molecular flexibility index (Phi) is 6.60. The molecule has 0 aliphatic rings. The van der Waals surface area contributed by atoms with Crippen LogP contribution in [0.25, 0.3) is 11.4 Å². The molecule has 0 aliphatic heterocycles. The predicted octanol–water partition coefficient (Wildman–Crippen LogP) is 2.29. The van der Waals surface area contributed by atoms with Crippen LogP contribution >= 0.6 is 23.4 Å². The molecule has 0 saturated heterocycles. The summed E-state index contributed by atoms with van der Waals surface area (Å²) < 4.78 is 6.74. The first kappa shape index (κ1) is 19.0. The summed E-state index contributed by atoms with van der Waals surface area (Å²) in [5.41, 5.74) is 5.91. The molecular weight excluding hydrogens is 364 g/mol. The Bertz CT molecular complexity index is 776. The first-order valence-corrected chi connectivity index (χ1v) is 8.70. The van der Waals surface area contributed by atoms with E-state index in [1.54, 1.807) is 18.2 Å². The number of primary amides is 1. The van der Waals surface area contributed by atoms with E-state index in [1.807, 2.05) is 16.7 Å². The SMILES string of the molecule is C=CCn1c(SCC(=O)O[C@@H](C)C(N)=O)nnc1-c1ccc(Cl)cc1. The van der Waals surface area contributed by atoms with Gasteiger partial charge in [0.1, 0.15) is 0 Å². The lowest BCUT2D eigenvalue weighted by molar-refractivity contribution is -0.151. The number of aromatic nitrogens is 3. The lowest BCUT2D eigenvalue weighted by Crippen LogP contribution is -2.31. The number of allylic oxidation sites excluding steroid dienone is 1. The Labute approximate surface area is 154 Å². The first-order chi connectivity index (χ1) is 11.9. The van der Waals surface area contributed by atoms with Crippen molar-refractivity contribution in [1.82, 2.24) is 14.8 Å². The van der Waals surface area contributed by atoms with Gasteiger partial charge in [0.25, 0.3) is 5.91 Å². The minimum absolute atomic E-state index is 0.0203. The van der Waals surface area contributed by atoms with Crippen LogP contribution < -0.4 is 5.73 Å². The average molecular weight is 381 g/mol. The number of nitrogens with zero attached hydrogens (tertiary/aromatic N) is 3. The average Bonchev–Trinajstić information content (AvgIpc) is 2.97. The highest BCUT2D eigenvalue weighted by Crippen LogP contribution is 2.25. The van der Waals surface area contributed by atoms with Gasteiger partial charge in [0.15, 0.2) is 17.1 Å². The predicted molar refractivity (Wildman–Crippen MR) is 96.1 cm³/mol. The zero-order chi connectivity index (χ0) is 18.4. The lowest BCUT2D eigenvalue weighted by Gasteiger charge is -2.10. The van der Waals surface area contributed by atoms with Crippen molar-refractivity contribution >= 4 is 35.2 Å². The van der Waals surface area contributed by atoms with Crippen molar-refractivity contribution in [2.75, 3.05) is 5.75 Å². The third kappa shape index (κ3) is 5.07. The molecule has 1 heterocycles. The minimum Gasteiger partial charge on any atom is -0.452 e. The van der Waals surface area contributed by atoms with Gasteiger partial charge < -0.3 is 10.5 Å². The molecule has 1 atom stereocenters. The standard InChI is InChI=1S/C16H17ClN4O3S/c1-3-8-21-15(11-4-6-12(17)7-5-11)19-20-16(21)25-9-13(22)24-10(2)14(18)23/h3-7,10H,1,8-9H2,2H3,(H2,18,23)/t10-/m0/s1. The zero-order valence-electron chi connectivity index (χ0n) is 13.5. The van der Waals surface area contributed by atoms with Gasteiger partial charge in [-0.1, -0.05) is 29.4 Å². The summed E-state index contributed by atoms with van der Waals surface area (Å²) in [6, 6.07) is 7.20. The number of hydrogen-bond donors (Lipinski definition) is 1. The Hall–Kier alpha value is -2.32. The van der Waals surface area contributed by atoms with Gasteiger partial charge in [-0.05, 0) is 31.2 Å². The molecule has 0 bridgehead atoms. The monoisotopic (exact) mass is 380 g/mol. The van der Waals surface area contributed by atoms with Crippen molar-refractivity contribution in [2.45, 2.75) is 24.7 Å². The van der Waals surface area contributed by atoms with Gasteiger partial charge in [-0.25, -0.2) is 0 Å². The van der Waals surface area contributed by atoms with E-state index in [1.165, 1.54) is 6.92 Å². The second-order valence-corrected chi connectivity index (χ2v) is 6.41. The van der Waals surface area contributed by atoms with E-state index in [2.05, 4.69) is 16.8 Å². The highest BCUT2D eigenvalue weighted by atomic mass is 35.5. The third-order valence-electron chi connectivity index (χ3n) is 3.16. The normalized spacial score (nSPS) is 11.8. The highest BCUT2D eigenvalue weighted by Gasteiger charge is 2.18. The smallest absolute Gasteiger partial charge is 0.317 e. The molecule has 1 amide bonds. The highest BCUT2D eigenvalue weighted by molar-refractivity contribution is 7.99. The van der Waals surface area contributed by atoms with Crippen LogP contribution in [0, 0.1) is 0 Å². The molecule has 7 nitrogen and oxygen atoms in total. The van der Waals surface area contributed by atoms with Crippen molar-refractivity contribution in [3.05, 3.63) is 41.9 Å². The van der Waals surface area contributed by atoms with Crippen LogP contribution in [-0.2, 0) is 20.9 Å². The molecular formula is C16H17ClN4O3S. The first-order valence-electron chi connectivity index (χ1n) is 7.34. The molecule has 0 spiro atoms. The van der Waals surface area contributed by atoms with E-state index in [0.29, 0.717) is 22.5 Å². The van der Waals surface area contributed by atoms with Crippen molar-refractivity contribution < 1.29 is 14.3 Å². The van der Waals surface area contributed by atoms with E-state index in [0.717, 1.165) is 17.3 Å². The third-order valence-corrected chi connectivity index (χ3v) is 4.35. The molecule has 1 aromatic heterocycles. The van der Waals surface area contributed by atoms with Gasteiger partial charge in [-0.3, -0.25) is 14.2 Å². The summed E-state index contributed by atoms with van der Waals surface area (Å²) >= 11 is 7.06. The maximum Gasteiger partial charge on any atom is 0.317 e. The number of hydrogen-bond acceptors (Lipinski definition) is 6. The number of benzene rings is 1. The molecule has 2 aromatic rings. The molecule has 2 rings (SSSR count). The van der Waals surface area contributed by atoms with Crippen molar-refractivity contribution in [3.8, 4) is 11.4 Å². The molecule has 0 fully saturated rings. The Morgan fingerprint density at radius 3 is 2.68 bits per heavy atom. The van der Waals surface area contributed by atoms with E-state index in [4.69, 9.17) is 22.1 Å². The van der Waals surface area contributed by atoms with Crippen LogP contribution in [0.4, 0.5) is 0 Å². The van der Waals surface area contributed by atoms with E-state index in [-0.39, 0.29) is 5.75 Å². The molecule has 0 saturated carbocycles. The topological polar surface area (TPSA) is 100 Å². The molecule has 1 aromatic carbocycles. The zero-order valence-corrected chi connectivity index (χ0v) is 15.1. The number of ether oxygens (including phenoxy) is 1. The number of carbonyl (C=O) groups is 2. The van der Waals surface area contributed by atoms with Gasteiger partial charge >= 0.3 is 5.97 Å². The number of thioether (sulfide) groups is 1. The van der Waals surface area contributed by atoms with Crippen LogP contribution in [0.5, 0.6) is 0 Å². The fraction of sp³-hybridized carbons (Fsp3) is 0.250. The fourth-order valence-electron chi connectivity index (χ4n) is 1.91. The Morgan fingerprint density at radius 2 is 2.08 bits per heavy atom. The number of nitrogens with two attached hydrogens (primary N) is 1. The van der Waals surface area contributed by atoms with Crippen LogP contribution in [0.3, 0.4) is 0 Å². The summed E-state index contributed by atoms with van der Waals surface area (Å²) in [5.74, 6) is -0.637. The largest absolute Gasteiger partial charge is 0.452 e. The van der Waals surface area contributed by atoms with E-state index < -0.39 is 18.0 Å². The second kappa shape index (κ2) is 8.68. The summed E-state index contributed by atoms with van der Waals surface area (Å²) in [5, 5.41) is 9.45. The molecule has 0 radical (unpaired) electrons. The van der Waals surface area contributed by atoms with Crippen molar-refractivity contribution in [3.63, 3.8) is 0 Å². The summed E-state index contributed by atoms with van der Waals surface area (Å²) in [6.07, 6.45) is 0.740. The van der Waals surface area contributed by atoms with Crippen molar-refractivity contribution in [2.24, 2.45) is 5.73 Å². The Morgan fingerprint density at radius 1 is 1.40 bits per heavy atom. The number of rotatable bonds is 8. The van der Waals surface area contributed by atoms with Gasteiger partial charge in [0.2, 0.25) is 0 Å². The summed E-state index contributed by atoms with van der Waals surface area (Å²) in [6.45, 7) is 5.62. The van der Waals surface area contributed by atoms with Gasteiger partial charge in [-0.15, -0.1) is 16.8 Å². The maximum atomic E-state index is 11.8. The van der Waals surface area contributed by atoms with Gasteiger partial charge in [0.05, 0.1) is 5.75 Å². The van der Waals surface area contributed by atoms with Gasteiger partial charge in [0, 0.05) is 17.1 Å². The fourth-order valence-corrected chi connectivity index (χ4v) is 2.77. The molecule has 25 heavy (non-hydrogen) atoms. The Balaban J connectivity index is 2.13. The molecule has 0 aliphatic carbocycles. The molecule has 0 unspecified atom stereocenters. The van der Waals surface area contributed by atoms with Gasteiger partial charge in [-0.2, -0.15) is 0 Å². The minimum atomic E-state index is -0.969. The van der Waals surface area contributed by atoms with Crippen molar-refractivity contribution in [1.29, 1.82) is 0 Å². The molecule has 132 valence electrons. The maximum absolute atomic E-state index is 11.8. The van der Waals surface area contributed by atoms with Crippen LogP contribution in [0.2, 0.25) is 5.02 Å². The molecule has 9 heteroatoms. The van der Waals surface area contributed by atoms with E-state index in [9.17, 15) is 9.59 Å². The number of amides is 1. The second-order valence-electron chi connectivity index (χ2n) is 5.04.